The van der Waals surface area contributed by atoms with Gasteiger partial charge in [-0.1, -0.05) is 13.8 Å². The minimum absolute atomic E-state index is 0.158. The highest BCUT2D eigenvalue weighted by atomic mass is 19.2. The van der Waals surface area contributed by atoms with Gasteiger partial charge in [0.1, 0.15) is 0 Å². The minimum atomic E-state index is -1.69. The summed E-state index contributed by atoms with van der Waals surface area (Å²) in [6, 6.07) is 0. The molecule has 0 aromatic carbocycles. The van der Waals surface area contributed by atoms with Crippen molar-refractivity contribution < 1.29 is 22.3 Å². The van der Waals surface area contributed by atoms with Gasteiger partial charge in [0.05, 0.1) is 6.10 Å². The fourth-order valence-electron chi connectivity index (χ4n) is 2.23. The van der Waals surface area contributed by atoms with E-state index in [9.17, 15) is 17.6 Å². The fourth-order valence-corrected chi connectivity index (χ4v) is 2.23. The zero-order valence-corrected chi connectivity index (χ0v) is 10.8. The van der Waals surface area contributed by atoms with Crippen molar-refractivity contribution in [3.8, 4) is 5.75 Å². The van der Waals surface area contributed by atoms with Crippen molar-refractivity contribution in [2.45, 2.75) is 45.6 Å². The van der Waals surface area contributed by atoms with Gasteiger partial charge in [-0.3, -0.25) is 0 Å². The molecule has 0 N–H and O–H groups in total. The van der Waals surface area contributed by atoms with Crippen molar-refractivity contribution in [1.82, 2.24) is 4.98 Å². The van der Waals surface area contributed by atoms with Gasteiger partial charge in [-0.25, -0.2) is 0 Å². The maximum Gasteiger partial charge on any atom is 0.255 e. The van der Waals surface area contributed by atoms with E-state index in [0.29, 0.717) is 12.8 Å². The Bertz CT molecular complexity index is 454. The van der Waals surface area contributed by atoms with E-state index in [1.807, 2.05) is 0 Å². The van der Waals surface area contributed by atoms with Crippen LogP contribution in [0.5, 0.6) is 5.75 Å². The molecule has 1 saturated carbocycles. The number of nitrogens with zero attached hydrogens (tertiary/aromatic N) is 1. The maximum absolute atomic E-state index is 13.4. The summed E-state index contributed by atoms with van der Waals surface area (Å²) in [7, 11) is 0. The Morgan fingerprint density at radius 3 is 1.95 bits per heavy atom. The topological polar surface area (TPSA) is 22.1 Å². The quantitative estimate of drug-likeness (QED) is 0.602. The van der Waals surface area contributed by atoms with E-state index in [1.54, 1.807) is 0 Å². The highest BCUT2D eigenvalue weighted by Crippen LogP contribution is 2.37. The molecule has 106 valence electrons. The van der Waals surface area contributed by atoms with Gasteiger partial charge in [0, 0.05) is 0 Å². The molecule has 0 spiro atoms. The second-order valence-electron chi connectivity index (χ2n) is 5.63. The molecule has 0 saturated heterocycles. The molecule has 1 fully saturated rings. The van der Waals surface area contributed by atoms with Crippen molar-refractivity contribution in [3.05, 3.63) is 23.5 Å². The molecule has 2 rings (SSSR count). The molecule has 1 aliphatic carbocycles. The average molecular weight is 277 g/mol. The molecule has 6 heteroatoms. The highest BCUT2D eigenvalue weighted by molar-refractivity contribution is 5.24. The van der Waals surface area contributed by atoms with Crippen LogP contribution in [0.25, 0.3) is 0 Å². The molecule has 0 aliphatic heterocycles. The Hall–Kier alpha value is -1.33. The van der Waals surface area contributed by atoms with Crippen LogP contribution in [0.15, 0.2) is 0 Å². The van der Waals surface area contributed by atoms with E-state index in [4.69, 9.17) is 4.74 Å². The lowest BCUT2D eigenvalue weighted by atomic mass is 9.76. The van der Waals surface area contributed by atoms with E-state index >= 15 is 0 Å². The first-order valence-electron chi connectivity index (χ1n) is 6.17. The molecule has 1 aromatic heterocycles. The van der Waals surface area contributed by atoms with Crippen molar-refractivity contribution in [1.29, 1.82) is 0 Å². The molecule has 1 aliphatic rings. The van der Waals surface area contributed by atoms with Crippen LogP contribution >= 0.6 is 0 Å². The Morgan fingerprint density at radius 2 is 1.47 bits per heavy atom. The third-order valence-corrected chi connectivity index (χ3v) is 3.53. The second-order valence-corrected chi connectivity index (χ2v) is 5.63. The van der Waals surface area contributed by atoms with Gasteiger partial charge < -0.3 is 4.74 Å². The van der Waals surface area contributed by atoms with Gasteiger partial charge in [0.2, 0.25) is 17.4 Å². The molecule has 0 radical (unpaired) electrons. The number of halogens is 4. The zero-order chi connectivity index (χ0) is 14.2. The number of rotatable bonds is 2. The van der Waals surface area contributed by atoms with Gasteiger partial charge in [-0.05, 0) is 31.1 Å². The summed E-state index contributed by atoms with van der Waals surface area (Å²) < 4.78 is 57.7. The molecular formula is C13H15F4NO. The van der Waals surface area contributed by atoms with Gasteiger partial charge in [0.25, 0.3) is 11.9 Å². The van der Waals surface area contributed by atoms with Crippen molar-refractivity contribution >= 4 is 0 Å². The number of pyridine rings is 1. The minimum Gasteiger partial charge on any atom is -0.484 e. The largest absolute Gasteiger partial charge is 0.484 e. The fraction of sp³-hybridized carbons (Fsp3) is 0.615. The Balaban J connectivity index is 2.16. The van der Waals surface area contributed by atoms with Gasteiger partial charge in [-0.2, -0.15) is 22.5 Å². The van der Waals surface area contributed by atoms with E-state index in [0.717, 1.165) is 12.8 Å². The number of hydrogen-bond acceptors (Lipinski definition) is 2. The molecule has 0 atom stereocenters. The molecule has 0 unspecified atom stereocenters. The normalized spacial score (nSPS) is 19.5. The highest BCUT2D eigenvalue weighted by Gasteiger charge is 2.30. The van der Waals surface area contributed by atoms with Crippen LogP contribution < -0.4 is 4.74 Å². The molecular weight excluding hydrogens is 262 g/mol. The molecule has 19 heavy (non-hydrogen) atoms. The molecule has 0 bridgehead atoms. The summed E-state index contributed by atoms with van der Waals surface area (Å²) in [5.41, 5.74) is 0.158. The summed E-state index contributed by atoms with van der Waals surface area (Å²) in [5, 5.41) is 0. The number of hydrogen-bond donors (Lipinski definition) is 0. The lowest BCUT2D eigenvalue weighted by Crippen LogP contribution is -2.29. The van der Waals surface area contributed by atoms with Crippen molar-refractivity contribution in [2.75, 3.05) is 0 Å². The van der Waals surface area contributed by atoms with Crippen LogP contribution in [0.3, 0.4) is 0 Å². The predicted octanol–water partition coefficient (Wildman–Crippen LogP) is 3.99. The number of ether oxygens (including phenoxy) is 1. The first-order valence-corrected chi connectivity index (χ1v) is 6.17. The summed E-state index contributed by atoms with van der Waals surface area (Å²) in [6.45, 7) is 4.19. The number of aromatic nitrogens is 1. The Labute approximate surface area is 108 Å². The lowest BCUT2D eigenvalue weighted by Gasteiger charge is -2.34. The third-order valence-electron chi connectivity index (χ3n) is 3.53. The van der Waals surface area contributed by atoms with E-state index in [2.05, 4.69) is 18.8 Å². The smallest absolute Gasteiger partial charge is 0.255 e. The standard InChI is InChI=1S/C13H15F4NO/c1-13(2)5-3-7(4-6-13)19-10-8(14)11(16)18-12(17)9(10)15/h7H,3-6H2,1-2H3. The zero-order valence-electron chi connectivity index (χ0n) is 10.8. The SMILES string of the molecule is CC1(C)CCC(Oc2c(F)c(F)nc(F)c2F)CC1. The van der Waals surface area contributed by atoms with E-state index in [1.165, 1.54) is 0 Å². The average Bonchev–Trinajstić information content (AvgIpc) is 2.34. The first kappa shape index (κ1) is 14.1. The summed E-state index contributed by atoms with van der Waals surface area (Å²) in [6.07, 6.45) is 2.42. The van der Waals surface area contributed by atoms with E-state index < -0.39 is 35.4 Å². The van der Waals surface area contributed by atoms with Gasteiger partial charge in [-0.15, -0.1) is 0 Å². The summed E-state index contributed by atoms with van der Waals surface area (Å²) in [5.74, 6) is -7.54. The summed E-state index contributed by atoms with van der Waals surface area (Å²) in [4.78, 5) is 2.49. The third kappa shape index (κ3) is 2.98. The lowest BCUT2D eigenvalue weighted by molar-refractivity contribution is 0.0889. The molecule has 2 nitrogen and oxygen atoms in total. The van der Waals surface area contributed by atoms with Crippen LogP contribution in [0.1, 0.15) is 39.5 Å². The van der Waals surface area contributed by atoms with Crippen LogP contribution in [-0.2, 0) is 0 Å². The predicted molar refractivity (Wildman–Crippen MR) is 60.7 cm³/mol. The Kier molecular flexibility index (Phi) is 3.69. The molecule has 1 aromatic rings. The van der Waals surface area contributed by atoms with Gasteiger partial charge in [0.15, 0.2) is 0 Å². The molecule has 1 heterocycles. The molecule has 0 amide bonds. The first-order chi connectivity index (χ1) is 8.80. The summed E-state index contributed by atoms with van der Waals surface area (Å²) >= 11 is 0. The maximum atomic E-state index is 13.4. The van der Waals surface area contributed by atoms with Crippen molar-refractivity contribution in [3.63, 3.8) is 0 Å². The second kappa shape index (κ2) is 4.98. The van der Waals surface area contributed by atoms with Crippen LogP contribution in [0.2, 0.25) is 0 Å². The van der Waals surface area contributed by atoms with E-state index in [-0.39, 0.29) is 5.41 Å². The monoisotopic (exact) mass is 277 g/mol. The van der Waals surface area contributed by atoms with Crippen LogP contribution in [0.4, 0.5) is 17.6 Å². The Morgan fingerprint density at radius 1 is 1.00 bits per heavy atom. The van der Waals surface area contributed by atoms with Crippen LogP contribution in [0, 0.1) is 28.9 Å². The van der Waals surface area contributed by atoms with Crippen molar-refractivity contribution in [2.24, 2.45) is 5.41 Å². The van der Waals surface area contributed by atoms with Gasteiger partial charge >= 0.3 is 0 Å². The van der Waals surface area contributed by atoms with Crippen LogP contribution in [-0.4, -0.2) is 11.1 Å².